The van der Waals surface area contributed by atoms with Crippen molar-refractivity contribution in [2.24, 2.45) is 0 Å². The van der Waals surface area contributed by atoms with Crippen LogP contribution in [0.15, 0.2) is 48.7 Å². The van der Waals surface area contributed by atoms with E-state index in [9.17, 15) is 4.79 Å². The second-order valence-electron chi connectivity index (χ2n) is 9.58. The highest BCUT2D eigenvalue weighted by molar-refractivity contribution is 6.32. The fraction of sp³-hybridized carbons (Fsp3) is 0.464. The number of fused-ring (bicyclic) bond motifs is 3. The number of nitrogens with zero attached hydrogens (tertiary/aromatic N) is 2. The highest BCUT2D eigenvalue weighted by atomic mass is 35.5. The van der Waals surface area contributed by atoms with Gasteiger partial charge < -0.3 is 9.30 Å². The molecular weight excluding hydrogens is 432 g/mol. The number of para-hydroxylation sites is 2. The van der Waals surface area contributed by atoms with Crippen LogP contribution < -0.4 is 4.74 Å². The first kappa shape index (κ1) is 22.5. The molecule has 33 heavy (non-hydrogen) atoms. The maximum Gasteiger partial charge on any atom is 0.161 e. The average molecular weight is 465 g/mol. The Labute approximate surface area is 201 Å². The predicted octanol–water partition coefficient (Wildman–Crippen LogP) is 6.52. The van der Waals surface area contributed by atoms with Crippen LogP contribution in [0.3, 0.4) is 0 Å². The van der Waals surface area contributed by atoms with E-state index < -0.39 is 0 Å². The summed E-state index contributed by atoms with van der Waals surface area (Å²) in [5.41, 5.74) is 3.40. The molecule has 0 saturated carbocycles. The number of aromatic nitrogens is 1. The molecule has 0 aliphatic carbocycles. The highest BCUT2D eigenvalue weighted by Gasteiger charge is 2.41. The molecule has 0 radical (unpaired) electrons. The number of hydrogen-bond donors (Lipinski definition) is 0. The quantitative estimate of drug-likeness (QED) is 0.356. The Morgan fingerprint density at radius 1 is 1.06 bits per heavy atom. The van der Waals surface area contributed by atoms with E-state index in [0.717, 1.165) is 55.5 Å². The molecule has 0 spiro atoms. The van der Waals surface area contributed by atoms with E-state index in [4.69, 9.17) is 16.3 Å². The summed E-state index contributed by atoms with van der Waals surface area (Å²) in [4.78, 5) is 14.9. The number of carbonyl (C=O) groups excluding carboxylic acids is 1. The fourth-order valence-electron chi connectivity index (χ4n) is 6.01. The highest BCUT2D eigenvalue weighted by Crippen LogP contribution is 2.38. The topological polar surface area (TPSA) is 34.5 Å². The molecule has 2 bridgehead atoms. The summed E-state index contributed by atoms with van der Waals surface area (Å²) < 4.78 is 8.61. The van der Waals surface area contributed by atoms with Crippen LogP contribution >= 0.6 is 11.6 Å². The van der Waals surface area contributed by atoms with Crippen molar-refractivity contribution >= 4 is 28.3 Å². The molecule has 5 heteroatoms. The van der Waals surface area contributed by atoms with Crippen LogP contribution in [0.5, 0.6) is 5.75 Å². The number of ketones is 1. The van der Waals surface area contributed by atoms with Gasteiger partial charge >= 0.3 is 0 Å². The SMILES string of the molecule is CCc1cccc2c(C(C)=O)cn(CCCN3C4CCC3CC(Oc3ccccc3Cl)C4)c12. The Kier molecular flexibility index (Phi) is 6.49. The van der Waals surface area contributed by atoms with Crippen molar-refractivity contribution in [3.05, 3.63) is 64.8 Å². The van der Waals surface area contributed by atoms with Crippen molar-refractivity contribution in [1.29, 1.82) is 0 Å². The van der Waals surface area contributed by atoms with Crippen LogP contribution in [-0.2, 0) is 13.0 Å². The molecule has 2 aromatic carbocycles. The minimum atomic E-state index is 0.144. The monoisotopic (exact) mass is 464 g/mol. The van der Waals surface area contributed by atoms with E-state index in [2.05, 4.69) is 40.8 Å². The summed E-state index contributed by atoms with van der Waals surface area (Å²) in [5.74, 6) is 0.954. The summed E-state index contributed by atoms with van der Waals surface area (Å²) >= 11 is 6.31. The molecule has 2 saturated heterocycles. The van der Waals surface area contributed by atoms with Gasteiger partial charge in [0.25, 0.3) is 0 Å². The van der Waals surface area contributed by atoms with Gasteiger partial charge in [0.15, 0.2) is 5.78 Å². The molecular formula is C28H33ClN2O2. The third-order valence-corrected chi connectivity index (χ3v) is 7.84. The number of ether oxygens (including phenoxy) is 1. The van der Waals surface area contributed by atoms with Crippen LogP contribution in [0.4, 0.5) is 0 Å². The zero-order valence-corrected chi connectivity index (χ0v) is 20.4. The van der Waals surface area contributed by atoms with Gasteiger partial charge in [-0.3, -0.25) is 9.69 Å². The van der Waals surface area contributed by atoms with Gasteiger partial charge in [-0.05, 0) is 63.1 Å². The lowest BCUT2D eigenvalue weighted by atomic mass is 9.99. The average Bonchev–Trinajstić information content (AvgIpc) is 3.29. The molecule has 3 aromatic rings. The second kappa shape index (κ2) is 9.52. The van der Waals surface area contributed by atoms with E-state index in [1.54, 1.807) is 6.92 Å². The standard InChI is InChI=1S/C28H33ClN2O2/c1-3-20-8-6-9-24-25(19(2)32)18-30(28(20)24)14-7-15-31-21-12-13-22(31)17-23(16-21)33-27-11-5-4-10-26(27)29/h4-6,8-11,18,21-23H,3,7,12-17H2,1-2H3. The van der Waals surface area contributed by atoms with Crippen LogP contribution in [0.1, 0.15) is 61.9 Å². The van der Waals surface area contributed by atoms with Gasteiger partial charge in [-0.25, -0.2) is 0 Å². The summed E-state index contributed by atoms with van der Waals surface area (Å²) in [6, 6.07) is 15.3. The first-order chi connectivity index (χ1) is 16.0. The van der Waals surface area contributed by atoms with E-state index in [1.807, 2.05) is 24.3 Å². The molecule has 0 amide bonds. The van der Waals surface area contributed by atoms with Gasteiger partial charge in [0.05, 0.1) is 10.5 Å². The van der Waals surface area contributed by atoms with E-state index in [-0.39, 0.29) is 11.9 Å². The van der Waals surface area contributed by atoms with Crippen LogP contribution in [0.2, 0.25) is 5.02 Å². The zero-order chi connectivity index (χ0) is 22.9. The summed E-state index contributed by atoms with van der Waals surface area (Å²) in [6.07, 6.45) is 9.04. The van der Waals surface area contributed by atoms with Crippen LogP contribution in [0, 0.1) is 0 Å². The van der Waals surface area contributed by atoms with Gasteiger partial charge in [-0.1, -0.05) is 48.9 Å². The van der Waals surface area contributed by atoms with Gasteiger partial charge in [-0.15, -0.1) is 0 Å². The van der Waals surface area contributed by atoms with Gasteiger partial charge in [0.1, 0.15) is 11.9 Å². The Hall–Kier alpha value is -2.30. The van der Waals surface area contributed by atoms with Gasteiger partial charge in [0.2, 0.25) is 0 Å². The summed E-state index contributed by atoms with van der Waals surface area (Å²) in [6.45, 7) is 5.89. The molecule has 4 nitrogen and oxygen atoms in total. The number of carbonyl (C=O) groups is 1. The maximum atomic E-state index is 12.2. The first-order valence-corrected chi connectivity index (χ1v) is 12.7. The lowest BCUT2D eigenvalue weighted by Gasteiger charge is -2.39. The number of halogens is 1. The van der Waals surface area contributed by atoms with Crippen LogP contribution in [-0.4, -0.2) is 40.0 Å². The molecule has 1 aromatic heterocycles. The molecule has 2 atom stereocenters. The molecule has 2 unspecified atom stereocenters. The van der Waals surface area contributed by atoms with Crippen molar-refractivity contribution < 1.29 is 9.53 Å². The number of aryl methyl sites for hydroxylation is 2. The zero-order valence-electron chi connectivity index (χ0n) is 19.6. The van der Waals surface area contributed by atoms with Gasteiger partial charge in [0, 0.05) is 42.3 Å². The lowest BCUT2D eigenvalue weighted by Crippen LogP contribution is -2.46. The molecule has 174 valence electrons. The molecule has 2 fully saturated rings. The molecule has 2 aliphatic rings. The Balaban J connectivity index is 1.24. The number of piperidine rings is 1. The Bertz CT molecular complexity index is 1140. The first-order valence-electron chi connectivity index (χ1n) is 12.3. The van der Waals surface area contributed by atoms with E-state index in [1.165, 1.54) is 23.9 Å². The van der Waals surface area contributed by atoms with E-state index in [0.29, 0.717) is 17.1 Å². The Morgan fingerprint density at radius 2 is 1.82 bits per heavy atom. The third kappa shape index (κ3) is 4.43. The maximum absolute atomic E-state index is 12.2. The lowest BCUT2D eigenvalue weighted by molar-refractivity contribution is 0.0482. The van der Waals surface area contributed by atoms with Crippen molar-refractivity contribution in [3.63, 3.8) is 0 Å². The summed E-state index contributed by atoms with van der Waals surface area (Å²) in [7, 11) is 0. The second-order valence-corrected chi connectivity index (χ2v) is 9.98. The van der Waals surface area contributed by atoms with Crippen LogP contribution in [0.25, 0.3) is 10.9 Å². The van der Waals surface area contributed by atoms with Crippen molar-refractivity contribution in [2.75, 3.05) is 6.54 Å². The fourth-order valence-corrected chi connectivity index (χ4v) is 6.19. The third-order valence-electron chi connectivity index (χ3n) is 7.53. The van der Waals surface area contributed by atoms with Gasteiger partial charge in [-0.2, -0.15) is 0 Å². The number of hydrogen-bond acceptors (Lipinski definition) is 3. The molecule has 0 N–H and O–H groups in total. The minimum absolute atomic E-state index is 0.144. The number of Topliss-reactive ketones (excluding diaryl/α,β-unsaturated/α-hetero) is 1. The van der Waals surface area contributed by atoms with Crippen molar-refractivity contribution in [2.45, 2.75) is 77.1 Å². The van der Waals surface area contributed by atoms with E-state index >= 15 is 0 Å². The minimum Gasteiger partial charge on any atom is -0.489 e. The smallest absolute Gasteiger partial charge is 0.161 e. The summed E-state index contributed by atoms with van der Waals surface area (Å²) in [5, 5.41) is 1.79. The largest absolute Gasteiger partial charge is 0.489 e. The molecule has 5 rings (SSSR count). The Morgan fingerprint density at radius 3 is 2.52 bits per heavy atom. The van der Waals surface area contributed by atoms with Crippen molar-refractivity contribution in [3.8, 4) is 5.75 Å². The normalized spacial score (nSPS) is 22.7. The number of benzene rings is 2. The van der Waals surface area contributed by atoms with Crippen molar-refractivity contribution in [1.82, 2.24) is 9.47 Å². The molecule has 2 aliphatic heterocycles. The molecule has 3 heterocycles. The predicted molar refractivity (Wildman–Crippen MR) is 135 cm³/mol. The number of rotatable bonds is 8.